The topological polar surface area (TPSA) is 67.4 Å². The van der Waals surface area contributed by atoms with Gasteiger partial charge in [0.1, 0.15) is 5.75 Å². The van der Waals surface area contributed by atoms with Crippen LogP contribution in [0.5, 0.6) is 5.75 Å². The molecule has 0 unspecified atom stereocenters. The first kappa shape index (κ1) is 17.0. The van der Waals surface area contributed by atoms with E-state index in [-0.39, 0.29) is 17.7 Å². The van der Waals surface area contributed by atoms with Crippen molar-refractivity contribution in [3.8, 4) is 5.75 Å². The molecular weight excluding hydrogens is 316 g/mol. The molecule has 5 heteroatoms. The number of rotatable bonds is 4. The number of carbonyl (C=O) groups is 2. The molecule has 2 N–H and O–H groups in total. The van der Waals surface area contributed by atoms with Crippen molar-refractivity contribution >= 4 is 17.5 Å². The lowest BCUT2D eigenvalue weighted by atomic mass is 9.90. The Morgan fingerprint density at radius 3 is 2.76 bits per heavy atom. The van der Waals surface area contributed by atoms with E-state index < -0.39 is 0 Å². The van der Waals surface area contributed by atoms with Gasteiger partial charge >= 0.3 is 0 Å². The number of carbonyl (C=O) groups excluding carboxylic acids is 2. The van der Waals surface area contributed by atoms with Gasteiger partial charge in [0.25, 0.3) is 5.91 Å². The molecule has 1 aliphatic heterocycles. The van der Waals surface area contributed by atoms with Gasteiger partial charge in [-0.3, -0.25) is 9.59 Å². The summed E-state index contributed by atoms with van der Waals surface area (Å²) in [5, 5.41) is 5.56. The molecule has 3 rings (SSSR count). The Hall–Kier alpha value is -2.82. The summed E-state index contributed by atoms with van der Waals surface area (Å²) in [7, 11) is 1.60. The second-order valence-corrected chi connectivity index (χ2v) is 6.23. The highest BCUT2D eigenvalue weighted by atomic mass is 16.5. The molecule has 1 atom stereocenters. The molecule has 0 bridgehead atoms. The third-order valence-electron chi connectivity index (χ3n) is 4.50. The standard InChI is InChI=1S/C20H22N2O3/c1-13-11-15(20(24)21-2)7-8-17(13)22-19(23)12-14-9-10-25-18-6-4-3-5-16(14)18/h3-8,11,14H,9-10,12H2,1-2H3,(H,21,24)(H,22,23)/t14-/m1/s1. The maximum absolute atomic E-state index is 12.5. The minimum absolute atomic E-state index is 0.0301. The van der Waals surface area contributed by atoms with E-state index in [9.17, 15) is 9.59 Å². The van der Waals surface area contributed by atoms with Crippen molar-refractivity contribution in [3.63, 3.8) is 0 Å². The van der Waals surface area contributed by atoms with Gasteiger partial charge in [0.15, 0.2) is 0 Å². The van der Waals surface area contributed by atoms with Gasteiger partial charge in [-0.2, -0.15) is 0 Å². The van der Waals surface area contributed by atoms with Crippen LogP contribution in [0.1, 0.15) is 40.2 Å². The van der Waals surface area contributed by atoms with E-state index in [1.165, 1.54) is 0 Å². The van der Waals surface area contributed by atoms with Crippen LogP contribution in [-0.4, -0.2) is 25.5 Å². The molecule has 0 spiro atoms. The number of hydrogen-bond acceptors (Lipinski definition) is 3. The van der Waals surface area contributed by atoms with Crippen molar-refractivity contribution < 1.29 is 14.3 Å². The lowest BCUT2D eigenvalue weighted by molar-refractivity contribution is -0.116. The van der Waals surface area contributed by atoms with Crippen LogP contribution in [0.25, 0.3) is 0 Å². The smallest absolute Gasteiger partial charge is 0.251 e. The van der Waals surface area contributed by atoms with Crippen LogP contribution in [0, 0.1) is 6.92 Å². The van der Waals surface area contributed by atoms with Gasteiger partial charge in [-0.15, -0.1) is 0 Å². The predicted octanol–water partition coefficient (Wildman–Crippen LogP) is 3.25. The number of para-hydroxylation sites is 1. The number of hydrogen-bond donors (Lipinski definition) is 2. The quantitative estimate of drug-likeness (QED) is 0.899. The van der Waals surface area contributed by atoms with Gasteiger partial charge in [-0.1, -0.05) is 18.2 Å². The molecule has 25 heavy (non-hydrogen) atoms. The number of ether oxygens (including phenoxy) is 1. The lowest BCUT2D eigenvalue weighted by Crippen LogP contribution is -2.21. The SMILES string of the molecule is CNC(=O)c1ccc(NC(=O)C[C@H]2CCOc3ccccc32)c(C)c1. The number of benzene rings is 2. The first-order valence-corrected chi connectivity index (χ1v) is 8.43. The third kappa shape index (κ3) is 3.82. The summed E-state index contributed by atoms with van der Waals surface area (Å²) in [5.41, 5.74) is 3.27. The molecule has 2 aromatic rings. The Labute approximate surface area is 147 Å². The van der Waals surface area contributed by atoms with Crippen molar-refractivity contribution in [2.24, 2.45) is 0 Å². The molecule has 0 fully saturated rings. The van der Waals surface area contributed by atoms with Crippen LogP contribution in [0.4, 0.5) is 5.69 Å². The highest BCUT2D eigenvalue weighted by Gasteiger charge is 2.23. The summed E-state index contributed by atoms with van der Waals surface area (Å²) in [4.78, 5) is 24.2. The van der Waals surface area contributed by atoms with Crippen LogP contribution in [0.15, 0.2) is 42.5 Å². The summed E-state index contributed by atoms with van der Waals surface area (Å²) in [6.07, 6.45) is 1.25. The fourth-order valence-corrected chi connectivity index (χ4v) is 3.14. The van der Waals surface area contributed by atoms with Crippen molar-refractivity contribution in [2.45, 2.75) is 25.7 Å². The Morgan fingerprint density at radius 1 is 1.20 bits per heavy atom. The number of aryl methyl sites for hydroxylation is 1. The van der Waals surface area contributed by atoms with E-state index >= 15 is 0 Å². The molecule has 0 aliphatic carbocycles. The van der Waals surface area contributed by atoms with E-state index in [4.69, 9.17) is 4.74 Å². The summed E-state index contributed by atoms with van der Waals surface area (Å²) < 4.78 is 5.65. The molecule has 2 amide bonds. The van der Waals surface area contributed by atoms with Gasteiger partial charge in [0.05, 0.1) is 6.61 Å². The molecule has 2 aromatic carbocycles. The van der Waals surface area contributed by atoms with Gasteiger partial charge in [0.2, 0.25) is 5.91 Å². The Morgan fingerprint density at radius 2 is 2.00 bits per heavy atom. The summed E-state index contributed by atoms with van der Waals surface area (Å²) in [6, 6.07) is 13.1. The van der Waals surface area contributed by atoms with Gasteiger partial charge in [-0.25, -0.2) is 0 Å². The second kappa shape index (κ2) is 7.38. The normalized spacial score (nSPS) is 15.7. The van der Waals surface area contributed by atoms with Crippen LogP contribution in [-0.2, 0) is 4.79 Å². The van der Waals surface area contributed by atoms with Crippen LogP contribution < -0.4 is 15.4 Å². The van der Waals surface area contributed by atoms with Crippen molar-refractivity contribution in [2.75, 3.05) is 19.0 Å². The highest BCUT2D eigenvalue weighted by molar-refractivity contribution is 5.96. The van der Waals surface area contributed by atoms with E-state index in [0.717, 1.165) is 29.0 Å². The van der Waals surface area contributed by atoms with Gasteiger partial charge in [-0.05, 0) is 54.7 Å². The first-order chi connectivity index (χ1) is 12.1. The maximum Gasteiger partial charge on any atom is 0.251 e. The molecule has 0 saturated carbocycles. The zero-order valence-corrected chi connectivity index (χ0v) is 14.5. The summed E-state index contributed by atoms with van der Waals surface area (Å²) in [5.74, 6) is 0.866. The van der Waals surface area contributed by atoms with E-state index in [1.807, 2.05) is 31.2 Å². The Balaban J connectivity index is 1.69. The largest absolute Gasteiger partial charge is 0.493 e. The number of anilines is 1. The number of fused-ring (bicyclic) bond motifs is 1. The molecule has 1 heterocycles. The lowest BCUT2D eigenvalue weighted by Gasteiger charge is -2.25. The van der Waals surface area contributed by atoms with Crippen LogP contribution in [0.3, 0.4) is 0 Å². The summed E-state index contributed by atoms with van der Waals surface area (Å²) >= 11 is 0. The molecule has 0 saturated heterocycles. The molecule has 130 valence electrons. The molecular formula is C20H22N2O3. The predicted molar refractivity (Wildman–Crippen MR) is 97.1 cm³/mol. The van der Waals surface area contributed by atoms with Crippen LogP contribution in [0.2, 0.25) is 0 Å². The minimum atomic E-state index is -0.139. The Bertz CT molecular complexity index is 801. The first-order valence-electron chi connectivity index (χ1n) is 8.43. The highest BCUT2D eigenvalue weighted by Crippen LogP contribution is 2.35. The second-order valence-electron chi connectivity index (χ2n) is 6.23. The Kier molecular flexibility index (Phi) is 5.03. The van der Waals surface area contributed by atoms with Crippen molar-refractivity contribution in [3.05, 3.63) is 59.2 Å². The number of nitrogens with one attached hydrogen (secondary N) is 2. The fraction of sp³-hybridized carbons (Fsp3) is 0.300. The summed E-state index contributed by atoms with van der Waals surface area (Å²) in [6.45, 7) is 2.51. The minimum Gasteiger partial charge on any atom is -0.493 e. The molecule has 1 aliphatic rings. The van der Waals surface area contributed by atoms with E-state index in [1.54, 1.807) is 25.2 Å². The molecule has 0 aromatic heterocycles. The van der Waals surface area contributed by atoms with Crippen molar-refractivity contribution in [1.29, 1.82) is 0 Å². The van der Waals surface area contributed by atoms with Crippen molar-refractivity contribution in [1.82, 2.24) is 5.32 Å². The van der Waals surface area contributed by atoms with Gasteiger partial charge in [0, 0.05) is 24.7 Å². The zero-order chi connectivity index (χ0) is 17.8. The van der Waals surface area contributed by atoms with Gasteiger partial charge < -0.3 is 15.4 Å². The van der Waals surface area contributed by atoms with E-state index in [2.05, 4.69) is 10.6 Å². The zero-order valence-electron chi connectivity index (χ0n) is 14.5. The van der Waals surface area contributed by atoms with Crippen LogP contribution >= 0.6 is 0 Å². The monoisotopic (exact) mass is 338 g/mol. The van der Waals surface area contributed by atoms with E-state index in [0.29, 0.717) is 18.6 Å². The number of amides is 2. The average Bonchev–Trinajstić information content (AvgIpc) is 2.63. The molecule has 5 nitrogen and oxygen atoms in total. The fourth-order valence-electron chi connectivity index (χ4n) is 3.14. The average molecular weight is 338 g/mol. The third-order valence-corrected chi connectivity index (χ3v) is 4.50. The molecule has 0 radical (unpaired) electrons. The maximum atomic E-state index is 12.5.